The zero-order valence-corrected chi connectivity index (χ0v) is 14.4. The predicted octanol–water partition coefficient (Wildman–Crippen LogP) is 4.69. The standard InChI is InChI=1S/C17H14ClF3N4O/c1-2-3-13-10-5-7-14(26)24-15(10)25-16(23-13)22-9-4-6-12(18)11(8-9)17(19,20)21/h4-8H,2-3H2,1H3,(H2,22,23,24,25,26). The number of aromatic nitrogens is 3. The van der Waals surface area contributed by atoms with Crippen LogP contribution in [0.2, 0.25) is 5.02 Å². The third-order valence-electron chi connectivity index (χ3n) is 3.68. The Morgan fingerprint density at radius 3 is 2.65 bits per heavy atom. The van der Waals surface area contributed by atoms with Crippen LogP contribution >= 0.6 is 11.6 Å². The molecule has 0 spiro atoms. The molecule has 0 saturated heterocycles. The highest BCUT2D eigenvalue weighted by Gasteiger charge is 2.33. The molecule has 0 bridgehead atoms. The zero-order valence-electron chi connectivity index (χ0n) is 13.6. The van der Waals surface area contributed by atoms with Crippen molar-refractivity contribution in [3.05, 3.63) is 57.0 Å². The average Bonchev–Trinajstić information content (AvgIpc) is 2.55. The molecule has 0 radical (unpaired) electrons. The van der Waals surface area contributed by atoms with Gasteiger partial charge < -0.3 is 10.3 Å². The number of benzene rings is 1. The predicted molar refractivity (Wildman–Crippen MR) is 93.9 cm³/mol. The van der Waals surface area contributed by atoms with E-state index in [1.807, 2.05) is 6.92 Å². The minimum atomic E-state index is -4.57. The summed E-state index contributed by atoms with van der Waals surface area (Å²) in [6, 6.07) is 6.46. The summed E-state index contributed by atoms with van der Waals surface area (Å²) in [6.07, 6.45) is -3.13. The van der Waals surface area contributed by atoms with Crippen LogP contribution < -0.4 is 10.9 Å². The summed E-state index contributed by atoms with van der Waals surface area (Å²) >= 11 is 5.63. The number of hydrogen-bond acceptors (Lipinski definition) is 4. The molecule has 2 heterocycles. The molecule has 2 N–H and O–H groups in total. The third-order valence-corrected chi connectivity index (χ3v) is 4.01. The number of fused-ring (bicyclic) bond motifs is 1. The van der Waals surface area contributed by atoms with Crippen molar-refractivity contribution in [1.29, 1.82) is 0 Å². The van der Waals surface area contributed by atoms with E-state index >= 15 is 0 Å². The molecular formula is C17H14ClF3N4O. The molecule has 1 aromatic carbocycles. The summed E-state index contributed by atoms with van der Waals surface area (Å²) in [6.45, 7) is 1.97. The number of anilines is 2. The smallest absolute Gasteiger partial charge is 0.324 e. The van der Waals surface area contributed by atoms with E-state index in [2.05, 4.69) is 20.3 Å². The lowest BCUT2D eigenvalue weighted by molar-refractivity contribution is -0.137. The molecule has 0 atom stereocenters. The Balaban J connectivity index is 2.05. The van der Waals surface area contributed by atoms with Crippen molar-refractivity contribution in [2.75, 3.05) is 5.32 Å². The van der Waals surface area contributed by atoms with E-state index in [1.54, 1.807) is 6.07 Å². The first-order chi connectivity index (χ1) is 12.3. The molecule has 0 amide bonds. The molecule has 136 valence electrons. The Kier molecular flexibility index (Phi) is 4.86. The van der Waals surface area contributed by atoms with Gasteiger partial charge in [0.15, 0.2) is 0 Å². The molecular weight excluding hydrogens is 369 g/mol. The monoisotopic (exact) mass is 382 g/mol. The van der Waals surface area contributed by atoms with Crippen molar-refractivity contribution in [3.63, 3.8) is 0 Å². The molecule has 0 unspecified atom stereocenters. The van der Waals surface area contributed by atoms with Crippen molar-refractivity contribution in [3.8, 4) is 0 Å². The van der Waals surface area contributed by atoms with Crippen LogP contribution in [-0.4, -0.2) is 15.0 Å². The highest BCUT2D eigenvalue weighted by molar-refractivity contribution is 6.31. The number of aromatic amines is 1. The van der Waals surface area contributed by atoms with Gasteiger partial charge in [-0.2, -0.15) is 18.2 Å². The average molecular weight is 383 g/mol. The number of rotatable bonds is 4. The number of pyridine rings is 1. The van der Waals surface area contributed by atoms with E-state index in [-0.39, 0.29) is 17.2 Å². The quantitative estimate of drug-likeness (QED) is 0.687. The minimum absolute atomic E-state index is 0.0956. The second-order valence-electron chi connectivity index (χ2n) is 5.65. The summed E-state index contributed by atoms with van der Waals surface area (Å²) < 4.78 is 39.0. The van der Waals surface area contributed by atoms with Crippen LogP contribution in [0.5, 0.6) is 0 Å². The normalized spacial score (nSPS) is 11.7. The largest absolute Gasteiger partial charge is 0.417 e. The molecule has 5 nitrogen and oxygen atoms in total. The number of H-pyrrole nitrogens is 1. The van der Waals surface area contributed by atoms with E-state index in [0.29, 0.717) is 23.1 Å². The highest BCUT2D eigenvalue weighted by atomic mass is 35.5. The Labute approximate surface area is 151 Å². The van der Waals surface area contributed by atoms with E-state index in [1.165, 1.54) is 12.1 Å². The fourth-order valence-corrected chi connectivity index (χ4v) is 2.76. The van der Waals surface area contributed by atoms with Gasteiger partial charge in [-0.3, -0.25) is 4.79 Å². The maximum absolute atomic E-state index is 13.0. The van der Waals surface area contributed by atoms with Gasteiger partial charge in [-0.25, -0.2) is 4.98 Å². The number of nitrogens with zero attached hydrogens (tertiary/aromatic N) is 2. The molecule has 0 aliphatic heterocycles. The van der Waals surface area contributed by atoms with Gasteiger partial charge >= 0.3 is 6.18 Å². The first-order valence-corrected chi connectivity index (χ1v) is 8.19. The van der Waals surface area contributed by atoms with Gasteiger partial charge in [0.1, 0.15) is 5.65 Å². The molecule has 0 saturated carbocycles. The van der Waals surface area contributed by atoms with Crippen LogP contribution in [0.1, 0.15) is 24.6 Å². The number of alkyl halides is 3. The maximum Gasteiger partial charge on any atom is 0.417 e. The lowest BCUT2D eigenvalue weighted by Crippen LogP contribution is -2.09. The fourth-order valence-electron chi connectivity index (χ4n) is 2.54. The van der Waals surface area contributed by atoms with Crippen LogP contribution in [0, 0.1) is 0 Å². The SMILES string of the molecule is CCCc1nc(Nc2ccc(Cl)c(C(F)(F)F)c2)nc2[nH]c(=O)ccc12. The van der Waals surface area contributed by atoms with Crippen molar-refractivity contribution in [2.24, 2.45) is 0 Å². The molecule has 0 fully saturated rings. The van der Waals surface area contributed by atoms with Gasteiger partial charge in [0.2, 0.25) is 11.5 Å². The number of halogens is 4. The molecule has 26 heavy (non-hydrogen) atoms. The first kappa shape index (κ1) is 18.2. The van der Waals surface area contributed by atoms with Gasteiger partial charge in [0.25, 0.3) is 0 Å². The maximum atomic E-state index is 13.0. The second-order valence-corrected chi connectivity index (χ2v) is 6.05. The van der Waals surface area contributed by atoms with Gasteiger partial charge in [0, 0.05) is 17.1 Å². The molecule has 9 heteroatoms. The summed E-state index contributed by atoms with van der Waals surface area (Å²) in [4.78, 5) is 22.7. The Hall–Kier alpha value is -2.61. The van der Waals surface area contributed by atoms with E-state index in [4.69, 9.17) is 11.6 Å². The summed E-state index contributed by atoms with van der Waals surface area (Å²) in [5.74, 6) is 0.0956. The molecule has 3 rings (SSSR count). The lowest BCUT2D eigenvalue weighted by Gasteiger charge is -2.13. The van der Waals surface area contributed by atoms with E-state index in [0.717, 1.165) is 18.6 Å². The van der Waals surface area contributed by atoms with Gasteiger partial charge in [-0.05, 0) is 30.7 Å². The lowest BCUT2D eigenvalue weighted by atomic mass is 10.1. The third kappa shape index (κ3) is 3.80. The van der Waals surface area contributed by atoms with Crippen LogP contribution in [0.4, 0.5) is 24.8 Å². The number of aryl methyl sites for hydroxylation is 1. The molecule has 2 aromatic heterocycles. The van der Waals surface area contributed by atoms with Gasteiger partial charge in [0.05, 0.1) is 16.3 Å². The van der Waals surface area contributed by atoms with Gasteiger partial charge in [-0.1, -0.05) is 24.9 Å². The Morgan fingerprint density at radius 1 is 1.19 bits per heavy atom. The summed E-state index contributed by atoms with van der Waals surface area (Å²) in [5.41, 5.74) is -0.117. The van der Waals surface area contributed by atoms with Gasteiger partial charge in [-0.15, -0.1) is 0 Å². The number of hydrogen-bond donors (Lipinski definition) is 2. The zero-order chi connectivity index (χ0) is 18.9. The van der Waals surface area contributed by atoms with Crippen LogP contribution in [0.15, 0.2) is 35.1 Å². The number of nitrogens with one attached hydrogen (secondary N) is 2. The molecule has 3 aromatic rings. The van der Waals surface area contributed by atoms with Crippen LogP contribution in [-0.2, 0) is 12.6 Å². The molecule has 0 aliphatic carbocycles. The van der Waals surface area contributed by atoms with E-state index < -0.39 is 16.8 Å². The minimum Gasteiger partial charge on any atom is -0.324 e. The highest BCUT2D eigenvalue weighted by Crippen LogP contribution is 2.36. The summed E-state index contributed by atoms with van der Waals surface area (Å²) in [7, 11) is 0. The van der Waals surface area contributed by atoms with Crippen molar-refractivity contribution >= 4 is 34.3 Å². The first-order valence-electron chi connectivity index (χ1n) is 7.81. The second kappa shape index (κ2) is 6.95. The molecule has 0 aliphatic rings. The summed E-state index contributed by atoms with van der Waals surface area (Å²) in [5, 5.41) is 3.06. The van der Waals surface area contributed by atoms with Crippen LogP contribution in [0.3, 0.4) is 0 Å². The van der Waals surface area contributed by atoms with Crippen molar-refractivity contribution in [1.82, 2.24) is 15.0 Å². The Bertz CT molecular complexity index is 1020. The Morgan fingerprint density at radius 2 is 1.96 bits per heavy atom. The van der Waals surface area contributed by atoms with Crippen molar-refractivity contribution < 1.29 is 13.2 Å². The fraction of sp³-hybridized carbons (Fsp3) is 0.235. The van der Waals surface area contributed by atoms with Crippen molar-refractivity contribution in [2.45, 2.75) is 25.9 Å². The topological polar surface area (TPSA) is 70.7 Å². The van der Waals surface area contributed by atoms with Crippen LogP contribution in [0.25, 0.3) is 11.0 Å². The van der Waals surface area contributed by atoms with E-state index in [9.17, 15) is 18.0 Å².